The summed E-state index contributed by atoms with van der Waals surface area (Å²) in [5.74, 6) is -0.933. The quantitative estimate of drug-likeness (QED) is 0.482. The number of sulfone groups is 1. The highest BCUT2D eigenvalue weighted by Gasteiger charge is 2.32. The fourth-order valence-electron chi connectivity index (χ4n) is 3.54. The number of carboxylic acid groups (broad SMARTS) is 1. The van der Waals surface area contributed by atoms with E-state index in [2.05, 4.69) is 26.1 Å². The molecule has 2 heterocycles. The lowest BCUT2D eigenvalue weighted by molar-refractivity contribution is -0.139. The van der Waals surface area contributed by atoms with Crippen molar-refractivity contribution in [2.24, 2.45) is 0 Å². The number of aliphatic carboxylic acids is 1. The van der Waals surface area contributed by atoms with Crippen molar-refractivity contribution in [2.75, 3.05) is 31.2 Å². The fourth-order valence-corrected chi connectivity index (χ4v) is 5.13. The van der Waals surface area contributed by atoms with Gasteiger partial charge in [0.25, 0.3) is 5.89 Å². The summed E-state index contributed by atoms with van der Waals surface area (Å²) in [7, 11) is -3.12. The third-order valence-electron chi connectivity index (χ3n) is 5.14. The zero-order valence-electron chi connectivity index (χ0n) is 17.1. The minimum absolute atomic E-state index is 0.00574. The molecule has 1 aliphatic heterocycles. The average Bonchev–Trinajstić information content (AvgIpc) is 3.25. The number of hydrogen-bond donors (Lipinski definition) is 1. The molecule has 9 nitrogen and oxygen atoms in total. The molecule has 1 fully saturated rings. The first kappa shape index (κ1) is 23.3. The van der Waals surface area contributed by atoms with E-state index in [1.54, 1.807) is 30.3 Å². The van der Waals surface area contributed by atoms with Crippen LogP contribution < -0.4 is 4.74 Å². The number of carboxylic acids is 1. The van der Waals surface area contributed by atoms with Crippen molar-refractivity contribution in [2.45, 2.75) is 6.04 Å². The molecule has 0 radical (unpaired) electrons. The zero-order chi connectivity index (χ0) is 23.6. The zero-order valence-corrected chi connectivity index (χ0v) is 19.6. The highest BCUT2D eigenvalue weighted by atomic mass is 79.9. The summed E-state index contributed by atoms with van der Waals surface area (Å²) >= 11 is 3.36. The number of hydrogen-bond acceptors (Lipinski definition) is 8. The second-order valence-electron chi connectivity index (χ2n) is 7.42. The van der Waals surface area contributed by atoms with E-state index < -0.39 is 34.3 Å². The Bertz CT molecular complexity index is 1250. The maximum absolute atomic E-state index is 13.5. The van der Waals surface area contributed by atoms with Crippen LogP contribution in [0.2, 0.25) is 0 Å². The van der Waals surface area contributed by atoms with Gasteiger partial charge < -0.3 is 14.4 Å². The van der Waals surface area contributed by atoms with E-state index in [4.69, 9.17) is 14.4 Å². The van der Waals surface area contributed by atoms with Crippen molar-refractivity contribution in [3.63, 3.8) is 0 Å². The molecule has 2 aromatic carbocycles. The summed E-state index contributed by atoms with van der Waals surface area (Å²) in [6.45, 7) is -0.0215. The normalized spacial score (nSPS) is 16.9. The molecule has 1 atom stereocenters. The van der Waals surface area contributed by atoms with Crippen LogP contribution in [0.15, 0.2) is 51.5 Å². The Morgan fingerprint density at radius 3 is 2.58 bits per heavy atom. The molecule has 0 bridgehead atoms. The van der Waals surface area contributed by atoms with Crippen LogP contribution in [0.4, 0.5) is 4.39 Å². The van der Waals surface area contributed by atoms with Gasteiger partial charge in [0.15, 0.2) is 22.3 Å². The maximum Gasteiger partial charge on any atom is 0.341 e. The number of nitrogens with zero attached hydrogens (tertiary/aromatic N) is 3. The molecule has 174 valence electrons. The lowest BCUT2D eigenvalue weighted by atomic mass is 10.0. The van der Waals surface area contributed by atoms with Crippen LogP contribution in [0, 0.1) is 5.82 Å². The van der Waals surface area contributed by atoms with Gasteiger partial charge in [-0.1, -0.05) is 33.2 Å². The van der Waals surface area contributed by atoms with Gasteiger partial charge in [-0.25, -0.2) is 17.6 Å². The Morgan fingerprint density at radius 1 is 1.21 bits per heavy atom. The first-order chi connectivity index (χ1) is 15.7. The van der Waals surface area contributed by atoms with Crippen LogP contribution >= 0.6 is 15.9 Å². The predicted octanol–water partition coefficient (Wildman–Crippen LogP) is 2.92. The van der Waals surface area contributed by atoms with Crippen molar-refractivity contribution in [3.8, 4) is 17.2 Å². The topological polar surface area (TPSA) is 123 Å². The minimum Gasteiger partial charge on any atom is -0.481 e. The molecule has 12 heteroatoms. The maximum atomic E-state index is 13.5. The summed E-state index contributed by atoms with van der Waals surface area (Å²) in [4.78, 5) is 17.3. The van der Waals surface area contributed by atoms with Gasteiger partial charge in [0.2, 0.25) is 0 Å². The van der Waals surface area contributed by atoms with Crippen LogP contribution in [0.25, 0.3) is 11.5 Å². The fraction of sp³-hybridized carbons (Fsp3) is 0.286. The second-order valence-corrected chi connectivity index (χ2v) is 10.6. The number of halogens is 2. The Morgan fingerprint density at radius 2 is 1.91 bits per heavy atom. The molecule has 0 aliphatic carbocycles. The van der Waals surface area contributed by atoms with Gasteiger partial charge in [0.1, 0.15) is 11.6 Å². The Balaban J connectivity index is 1.71. The molecule has 3 aromatic rings. The highest BCUT2D eigenvalue weighted by molar-refractivity contribution is 9.10. The number of rotatable bonds is 7. The molecule has 0 spiro atoms. The first-order valence-corrected chi connectivity index (χ1v) is 12.5. The third kappa shape index (κ3) is 5.57. The van der Waals surface area contributed by atoms with Crippen LogP contribution in [0.5, 0.6) is 5.75 Å². The van der Waals surface area contributed by atoms with Crippen molar-refractivity contribution in [3.05, 3.63) is 64.1 Å². The molecule has 1 unspecified atom stereocenters. The largest absolute Gasteiger partial charge is 0.481 e. The van der Waals surface area contributed by atoms with Gasteiger partial charge in [-0.3, -0.25) is 4.90 Å². The van der Waals surface area contributed by atoms with Crippen LogP contribution in [0.3, 0.4) is 0 Å². The highest BCUT2D eigenvalue weighted by Crippen LogP contribution is 2.34. The summed E-state index contributed by atoms with van der Waals surface area (Å²) in [5, 5.41) is 13.0. The molecule has 1 aromatic heterocycles. The average molecular weight is 540 g/mol. The summed E-state index contributed by atoms with van der Waals surface area (Å²) in [6, 6.07) is 10.2. The number of carbonyl (C=O) groups is 1. The molecule has 0 saturated carbocycles. The van der Waals surface area contributed by atoms with Gasteiger partial charge >= 0.3 is 5.97 Å². The Kier molecular flexibility index (Phi) is 6.77. The lowest BCUT2D eigenvalue weighted by Crippen LogP contribution is -2.43. The molecule has 1 saturated heterocycles. The van der Waals surface area contributed by atoms with Crippen molar-refractivity contribution in [1.29, 1.82) is 0 Å². The summed E-state index contributed by atoms with van der Waals surface area (Å²) in [5.41, 5.74) is 1.07. The van der Waals surface area contributed by atoms with Crippen LogP contribution in [0.1, 0.15) is 17.4 Å². The van der Waals surface area contributed by atoms with Gasteiger partial charge in [-0.15, -0.1) is 0 Å². The SMILES string of the molecule is O=C(O)COc1ccc(Br)cc1-c1nc(C(c2ccc(F)cc2)N2CCS(=O)(=O)CC2)no1. The molecule has 0 amide bonds. The second kappa shape index (κ2) is 9.57. The van der Waals surface area contributed by atoms with Crippen LogP contribution in [-0.2, 0) is 14.6 Å². The van der Waals surface area contributed by atoms with E-state index >= 15 is 0 Å². The smallest absolute Gasteiger partial charge is 0.341 e. The standard InChI is InChI=1S/C21H19BrFN3O6S/c22-14-3-6-17(31-12-18(27)28)16(11-14)21-24-20(25-32-21)19(13-1-4-15(23)5-2-13)26-7-9-33(29,30)10-8-26/h1-6,11,19H,7-10,12H2,(H,27,28). The molecular formula is C21H19BrFN3O6S. The van der Waals surface area contributed by atoms with E-state index in [1.807, 2.05) is 4.90 Å². The van der Waals surface area contributed by atoms with Gasteiger partial charge in [-0.05, 0) is 35.9 Å². The van der Waals surface area contributed by atoms with Crippen molar-refractivity contribution < 1.29 is 32.0 Å². The summed E-state index contributed by atoms with van der Waals surface area (Å²) in [6.07, 6.45) is 0. The van der Waals surface area contributed by atoms with Crippen LogP contribution in [-0.4, -0.2) is 65.7 Å². The van der Waals surface area contributed by atoms with E-state index in [1.165, 1.54) is 12.1 Å². The minimum atomic E-state index is -3.12. The molecule has 1 N–H and O–H groups in total. The molecule has 1 aliphatic rings. The molecule has 4 rings (SSSR count). The van der Waals surface area contributed by atoms with E-state index in [9.17, 15) is 17.6 Å². The van der Waals surface area contributed by atoms with E-state index in [0.29, 0.717) is 15.6 Å². The summed E-state index contributed by atoms with van der Waals surface area (Å²) < 4.78 is 48.9. The van der Waals surface area contributed by atoms with E-state index in [-0.39, 0.29) is 42.1 Å². The van der Waals surface area contributed by atoms with Gasteiger partial charge in [0.05, 0.1) is 23.1 Å². The van der Waals surface area contributed by atoms with E-state index in [0.717, 1.165) is 0 Å². The lowest BCUT2D eigenvalue weighted by Gasteiger charge is -2.32. The number of ether oxygens (including phenoxy) is 1. The number of aromatic nitrogens is 2. The Labute approximate surface area is 197 Å². The molecule has 33 heavy (non-hydrogen) atoms. The third-order valence-corrected chi connectivity index (χ3v) is 7.24. The monoisotopic (exact) mass is 539 g/mol. The molecular weight excluding hydrogens is 521 g/mol. The predicted molar refractivity (Wildman–Crippen MR) is 119 cm³/mol. The first-order valence-electron chi connectivity index (χ1n) is 9.90. The van der Waals surface area contributed by atoms with Crippen molar-refractivity contribution >= 4 is 31.7 Å². The van der Waals surface area contributed by atoms with Crippen molar-refractivity contribution in [1.82, 2.24) is 15.0 Å². The Hall–Kier alpha value is -2.83. The number of benzene rings is 2. The van der Waals surface area contributed by atoms with Gasteiger partial charge in [-0.2, -0.15) is 4.98 Å². The van der Waals surface area contributed by atoms with Gasteiger partial charge in [0, 0.05) is 17.6 Å².